The van der Waals surface area contributed by atoms with Crippen LogP contribution in [0.15, 0.2) is 84.9 Å². The number of aryl methyl sites for hydroxylation is 1. The molecule has 0 amide bonds. The van der Waals surface area contributed by atoms with E-state index in [1.165, 1.54) is 11.1 Å². The molecular weight excluding hydrogens is 280 g/mol. The summed E-state index contributed by atoms with van der Waals surface area (Å²) in [5, 5.41) is 10.4. The second-order valence-corrected chi connectivity index (χ2v) is 6.20. The summed E-state index contributed by atoms with van der Waals surface area (Å²) in [5.41, 5.74) is 3.33. The molecule has 0 aliphatic carbocycles. The molecule has 0 heterocycles. The van der Waals surface area contributed by atoms with E-state index in [-0.39, 0.29) is 5.41 Å². The molecule has 1 atom stereocenters. The second kappa shape index (κ2) is 6.70. The zero-order valence-electron chi connectivity index (χ0n) is 13.4. The van der Waals surface area contributed by atoms with Crippen LogP contribution in [0.25, 0.3) is 0 Å². The van der Waals surface area contributed by atoms with Gasteiger partial charge in [0.05, 0.1) is 0 Å². The van der Waals surface area contributed by atoms with Crippen molar-refractivity contribution in [2.24, 2.45) is 0 Å². The van der Waals surface area contributed by atoms with Crippen LogP contribution in [0.5, 0.6) is 5.75 Å². The zero-order valence-corrected chi connectivity index (χ0v) is 13.4. The average molecular weight is 302 g/mol. The Labute approximate surface area is 138 Å². The van der Waals surface area contributed by atoms with E-state index in [0.29, 0.717) is 5.75 Å². The second-order valence-electron chi connectivity index (χ2n) is 6.20. The third-order valence-electron chi connectivity index (χ3n) is 4.67. The predicted octanol–water partition coefficient (Wildman–Crippen LogP) is 5.33. The van der Waals surface area contributed by atoms with Crippen molar-refractivity contribution in [2.45, 2.75) is 25.2 Å². The predicted molar refractivity (Wildman–Crippen MR) is 95.8 cm³/mol. The van der Waals surface area contributed by atoms with Gasteiger partial charge >= 0.3 is 0 Å². The SMILES string of the molecule is CC(CCc1ccccc1)(c1ccccc1)c1ccccc1O. The summed E-state index contributed by atoms with van der Waals surface area (Å²) < 4.78 is 0. The van der Waals surface area contributed by atoms with Gasteiger partial charge in [-0.05, 0) is 30.0 Å². The van der Waals surface area contributed by atoms with Crippen LogP contribution in [0, 0.1) is 0 Å². The topological polar surface area (TPSA) is 20.2 Å². The standard InChI is InChI=1S/C22H22O/c1-22(19-12-6-3-7-13-19,20-14-8-9-15-21(20)23)17-16-18-10-4-2-5-11-18/h2-15,23H,16-17H2,1H3. The minimum absolute atomic E-state index is 0.220. The van der Waals surface area contributed by atoms with E-state index in [2.05, 4.69) is 55.5 Å². The van der Waals surface area contributed by atoms with Crippen LogP contribution in [0.3, 0.4) is 0 Å². The van der Waals surface area contributed by atoms with Gasteiger partial charge in [-0.25, -0.2) is 0 Å². The smallest absolute Gasteiger partial charge is 0.119 e. The lowest BCUT2D eigenvalue weighted by Gasteiger charge is -2.32. The molecule has 0 bridgehead atoms. The van der Waals surface area contributed by atoms with Crippen LogP contribution in [0.4, 0.5) is 0 Å². The molecule has 0 aliphatic heterocycles. The lowest BCUT2D eigenvalue weighted by molar-refractivity contribution is 0.435. The summed E-state index contributed by atoms with van der Waals surface area (Å²) in [7, 11) is 0. The highest BCUT2D eigenvalue weighted by Crippen LogP contribution is 2.40. The molecule has 3 rings (SSSR count). The van der Waals surface area contributed by atoms with Crippen molar-refractivity contribution in [2.75, 3.05) is 0 Å². The summed E-state index contributed by atoms with van der Waals surface area (Å²) in [6.07, 6.45) is 1.92. The summed E-state index contributed by atoms with van der Waals surface area (Å²) in [6.45, 7) is 2.22. The van der Waals surface area contributed by atoms with Gasteiger partial charge in [0.15, 0.2) is 0 Å². The number of aromatic hydroxyl groups is 1. The first kappa shape index (κ1) is 15.4. The first-order chi connectivity index (χ1) is 11.2. The van der Waals surface area contributed by atoms with Crippen molar-refractivity contribution in [3.8, 4) is 5.75 Å². The fourth-order valence-corrected chi connectivity index (χ4v) is 3.22. The molecule has 23 heavy (non-hydrogen) atoms. The molecule has 3 aromatic carbocycles. The molecule has 0 aliphatic rings. The first-order valence-electron chi connectivity index (χ1n) is 8.08. The number of para-hydroxylation sites is 1. The van der Waals surface area contributed by atoms with Gasteiger partial charge in [-0.2, -0.15) is 0 Å². The molecule has 1 heteroatoms. The highest BCUT2D eigenvalue weighted by atomic mass is 16.3. The van der Waals surface area contributed by atoms with E-state index < -0.39 is 0 Å². The van der Waals surface area contributed by atoms with Crippen LogP contribution in [0.1, 0.15) is 30.0 Å². The summed E-state index contributed by atoms with van der Waals surface area (Å²) in [6, 6.07) is 28.7. The molecule has 1 unspecified atom stereocenters. The van der Waals surface area contributed by atoms with Gasteiger partial charge in [-0.3, -0.25) is 0 Å². The van der Waals surface area contributed by atoms with Crippen LogP contribution in [0.2, 0.25) is 0 Å². The van der Waals surface area contributed by atoms with Gasteiger partial charge in [0, 0.05) is 11.0 Å². The Morgan fingerprint density at radius 1 is 0.739 bits per heavy atom. The Hall–Kier alpha value is -2.54. The number of hydrogen-bond acceptors (Lipinski definition) is 1. The van der Waals surface area contributed by atoms with Gasteiger partial charge < -0.3 is 5.11 Å². The number of phenolic OH excluding ortho intramolecular Hbond substituents is 1. The molecule has 0 fully saturated rings. The highest BCUT2D eigenvalue weighted by molar-refractivity contribution is 5.46. The zero-order chi connectivity index (χ0) is 16.1. The monoisotopic (exact) mass is 302 g/mol. The van der Waals surface area contributed by atoms with E-state index >= 15 is 0 Å². The maximum atomic E-state index is 10.4. The highest BCUT2D eigenvalue weighted by Gasteiger charge is 2.30. The van der Waals surface area contributed by atoms with Crippen LogP contribution in [-0.2, 0) is 11.8 Å². The molecule has 1 nitrogen and oxygen atoms in total. The van der Waals surface area contributed by atoms with Gasteiger partial charge in [0.2, 0.25) is 0 Å². The summed E-state index contributed by atoms with van der Waals surface area (Å²) in [5.74, 6) is 0.368. The third-order valence-corrected chi connectivity index (χ3v) is 4.67. The molecule has 0 aromatic heterocycles. The summed E-state index contributed by atoms with van der Waals surface area (Å²) >= 11 is 0. The van der Waals surface area contributed by atoms with Crippen molar-refractivity contribution in [1.82, 2.24) is 0 Å². The first-order valence-corrected chi connectivity index (χ1v) is 8.08. The third kappa shape index (κ3) is 3.29. The fourth-order valence-electron chi connectivity index (χ4n) is 3.22. The lowest BCUT2D eigenvalue weighted by atomic mass is 9.72. The number of hydrogen-bond donors (Lipinski definition) is 1. The number of phenols is 1. The molecule has 0 radical (unpaired) electrons. The van der Waals surface area contributed by atoms with Gasteiger partial charge in [0.1, 0.15) is 5.75 Å². The molecule has 3 aromatic rings. The quantitative estimate of drug-likeness (QED) is 0.675. The Bertz CT molecular complexity index is 749. The number of rotatable bonds is 5. The minimum atomic E-state index is -0.220. The van der Waals surface area contributed by atoms with Crippen LogP contribution in [-0.4, -0.2) is 5.11 Å². The molecule has 116 valence electrons. The van der Waals surface area contributed by atoms with Gasteiger partial charge in [0.25, 0.3) is 0 Å². The molecule has 0 saturated heterocycles. The molecule has 1 N–H and O–H groups in total. The Morgan fingerprint density at radius 3 is 1.96 bits per heavy atom. The average Bonchev–Trinajstić information content (AvgIpc) is 2.62. The van der Waals surface area contributed by atoms with E-state index in [9.17, 15) is 5.11 Å². The molecular formula is C22H22O. The fraction of sp³-hybridized carbons (Fsp3) is 0.182. The van der Waals surface area contributed by atoms with E-state index in [0.717, 1.165) is 18.4 Å². The van der Waals surface area contributed by atoms with E-state index in [1.807, 2.05) is 30.3 Å². The minimum Gasteiger partial charge on any atom is -0.508 e. The van der Waals surface area contributed by atoms with Crippen molar-refractivity contribution >= 4 is 0 Å². The van der Waals surface area contributed by atoms with E-state index in [1.54, 1.807) is 6.07 Å². The lowest BCUT2D eigenvalue weighted by Crippen LogP contribution is -2.24. The van der Waals surface area contributed by atoms with Crippen molar-refractivity contribution in [3.63, 3.8) is 0 Å². The Balaban J connectivity index is 1.99. The largest absolute Gasteiger partial charge is 0.508 e. The van der Waals surface area contributed by atoms with E-state index in [4.69, 9.17) is 0 Å². The van der Waals surface area contributed by atoms with Gasteiger partial charge in [-0.1, -0.05) is 85.8 Å². The van der Waals surface area contributed by atoms with Crippen molar-refractivity contribution in [3.05, 3.63) is 102 Å². The van der Waals surface area contributed by atoms with Crippen molar-refractivity contribution in [1.29, 1.82) is 0 Å². The molecule has 0 spiro atoms. The molecule has 0 saturated carbocycles. The Kier molecular flexibility index (Phi) is 4.47. The normalized spacial score (nSPS) is 13.4. The van der Waals surface area contributed by atoms with Crippen LogP contribution < -0.4 is 0 Å². The maximum absolute atomic E-state index is 10.4. The van der Waals surface area contributed by atoms with Crippen molar-refractivity contribution < 1.29 is 5.11 Å². The van der Waals surface area contributed by atoms with Crippen LogP contribution >= 0.6 is 0 Å². The summed E-state index contributed by atoms with van der Waals surface area (Å²) in [4.78, 5) is 0. The Morgan fingerprint density at radius 2 is 1.30 bits per heavy atom. The maximum Gasteiger partial charge on any atom is 0.119 e. The van der Waals surface area contributed by atoms with Gasteiger partial charge in [-0.15, -0.1) is 0 Å². The number of benzene rings is 3.